The molecule has 27 heavy (non-hydrogen) atoms. The second kappa shape index (κ2) is 8.83. The molecule has 0 aliphatic heterocycles. The monoisotopic (exact) mass is 410 g/mol. The molecule has 0 unspecified atom stereocenters. The first-order chi connectivity index (χ1) is 12.7. The molecule has 0 aromatic heterocycles. The molecule has 0 spiro atoms. The van der Waals surface area contributed by atoms with Gasteiger partial charge in [-0.05, 0) is 37.6 Å². The van der Waals surface area contributed by atoms with Crippen LogP contribution in [0.2, 0.25) is 10.0 Å². The molecular weight excluding hydrogens is 395 g/mol. The topological polar surface area (TPSA) is 98.5 Å². The van der Waals surface area contributed by atoms with Gasteiger partial charge in [0.1, 0.15) is 5.56 Å². The molecule has 1 amide bonds. The van der Waals surface area contributed by atoms with Crippen molar-refractivity contribution in [3.63, 3.8) is 0 Å². The zero-order chi connectivity index (χ0) is 20.1. The van der Waals surface area contributed by atoms with Crippen LogP contribution in [0.3, 0.4) is 0 Å². The highest BCUT2D eigenvalue weighted by Crippen LogP contribution is 2.26. The van der Waals surface area contributed by atoms with Crippen molar-refractivity contribution in [3.05, 3.63) is 73.2 Å². The fourth-order valence-electron chi connectivity index (χ4n) is 2.42. The fourth-order valence-corrected chi connectivity index (χ4v) is 2.73. The molecule has 9 heteroatoms. The SMILES string of the molecule is Cc1cccc(C(=O)OCC(=O)N[C@H](C)c2ccc(Cl)c(Cl)c2)c1[N+](=O)[O-]. The summed E-state index contributed by atoms with van der Waals surface area (Å²) in [5.74, 6) is -1.50. The van der Waals surface area contributed by atoms with Crippen LogP contribution < -0.4 is 5.32 Å². The molecule has 0 radical (unpaired) electrons. The van der Waals surface area contributed by atoms with Gasteiger partial charge in [-0.15, -0.1) is 0 Å². The van der Waals surface area contributed by atoms with Crippen molar-refractivity contribution >= 4 is 40.8 Å². The van der Waals surface area contributed by atoms with Crippen LogP contribution in [0.25, 0.3) is 0 Å². The normalized spacial score (nSPS) is 11.6. The van der Waals surface area contributed by atoms with Gasteiger partial charge in [0.15, 0.2) is 6.61 Å². The molecule has 0 fully saturated rings. The number of amides is 1. The lowest BCUT2D eigenvalue weighted by Gasteiger charge is -2.15. The van der Waals surface area contributed by atoms with E-state index in [2.05, 4.69) is 5.32 Å². The van der Waals surface area contributed by atoms with Gasteiger partial charge in [-0.25, -0.2) is 4.79 Å². The molecule has 0 saturated heterocycles. The molecule has 2 aromatic rings. The summed E-state index contributed by atoms with van der Waals surface area (Å²) < 4.78 is 4.91. The average Bonchev–Trinajstić information content (AvgIpc) is 2.61. The van der Waals surface area contributed by atoms with E-state index in [1.165, 1.54) is 25.1 Å². The zero-order valence-electron chi connectivity index (χ0n) is 14.5. The molecule has 7 nitrogen and oxygen atoms in total. The van der Waals surface area contributed by atoms with Gasteiger partial charge >= 0.3 is 5.97 Å². The van der Waals surface area contributed by atoms with Crippen molar-refractivity contribution in [2.24, 2.45) is 0 Å². The van der Waals surface area contributed by atoms with Crippen molar-refractivity contribution in [1.82, 2.24) is 5.32 Å². The van der Waals surface area contributed by atoms with Crippen molar-refractivity contribution in [2.45, 2.75) is 19.9 Å². The Balaban J connectivity index is 1.99. The fraction of sp³-hybridized carbons (Fsp3) is 0.222. The van der Waals surface area contributed by atoms with E-state index in [1.54, 1.807) is 25.1 Å². The molecule has 0 saturated carbocycles. The number of ether oxygens (including phenoxy) is 1. The van der Waals surface area contributed by atoms with Crippen molar-refractivity contribution in [2.75, 3.05) is 6.61 Å². The number of benzene rings is 2. The smallest absolute Gasteiger partial charge is 0.345 e. The van der Waals surface area contributed by atoms with Gasteiger partial charge in [0.2, 0.25) is 0 Å². The first-order valence-electron chi connectivity index (χ1n) is 7.86. The van der Waals surface area contributed by atoms with Crippen molar-refractivity contribution < 1.29 is 19.2 Å². The van der Waals surface area contributed by atoms with Crippen LogP contribution in [-0.4, -0.2) is 23.4 Å². The maximum Gasteiger partial charge on any atom is 0.345 e. The number of carbonyl (C=O) groups excluding carboxylic acids is 2. The van der Waals surface area contributed by atoms with Crippen molar-refractivity contribution in [1.29, 1.82) is 0 Å². The number of carbonyl (C=O) groups is 2. The van der Waals surface area contributed by atoms with E-state index >= 15 is 0 Å². The lowest BCUT2D eigenvalue weighted by Crippen LogP contribution is -2.31. The van der Waals surface area contributed by atoms with Gasteiger partial charge in [0.05, 0.1) is 21.0 Å². The number of aryl methyl sites for hydroxylation is 1. The van der Waals surface area contributed by atoms with E-state index < -0.39 is 29.4 Å². The molecule has 0 aliphatic carbocycles. The van der Waals surface area contributed by atoms with E-state index in [4.69, 9.17) is 27.9 Å². The van der Waals surface area contributed by atoms with E-state index in [-0.39, 0.29) is 11.3 Å². The lowest BCUT2D eigenvalue weighted by molar-refractivity contribution is -0.385. The highest BCUT2D eigenvalue weighted by Gasteiger charge is 2.24. The van der Waals surface area contributed by atoms with Crippen LogP contribution in [0.15, 0.2) is 36.4 Å². The Hall–Kier alpha value is -2.64. The van der Waals surface area contributed by atoms with E-state index in [9.17, 15) is 19.7 Å². The number of nitro groups is 1. The largest absolute Gasteiger partial charge is 0.452 e. The summed E-state index contributed by atoms with van der Waals surface area (Å²) in [6, 6.07) is 8.84. The van der Waals surface area contributed by atoms with Crippen LogP contribution >= 0.6 is 23.2 Å². The number of hydrogen-bond donors (Lipinski definition) is 1. The standard InChI is InChI=1S/C18H16Cl2N2O5/c1-10-4-3-5-13(17(10)22(25)26)18(24)27-9-16(23)21-11(2)12-6-7-14(19)15(20)8-12/h3-8,11H,9H2,1-2H3,(H,21,23)/t11-/m1/s1. The van der Waals surface area contributed by atoms with Gasteiger partial charge < -0.3 is 10.1 Å². The summed E-state index contributed by atoms with van der Waals surface area (Å²) in [5.41, 5.74) is 0.503. The van der Waals surface area contributed by atoms with Gasteiger partial charge in [0.25, 0.3) is 11.6 Å². The summed E-state index contributed by atoms with van der Waals surface area (Å²) in [6.45, 7) is 2.67. The number of rotatable bonds is 6. The molecular formula is C18H16Cl2N2O5. The Morgan fingerprint density at radius 2 is 1.93 bits per heavy atom. The second-order valence-corrected chi connectivity index (χ2v) is 6.58. The number of para-hydroxylation sites is 1. The second-order valence-electron chi connectivity index (χ2n) is 5.77. The quantitative estimate of drug-likeness (QED) is 0.436. The van der Waals surface area contributed by atoms with Crippen LogP contribution in [0.4, 0.5) is 5.69 Å². The average molecular weight is 411 g/mol. The Morgan fingerprint density at radius 1 is 1.22 bits per heavy atom. The lowest BCUT2D eigenvalue weighted by atomic mass is 10.1. The van der Waals surface area contributed by atoms with E-state index in [0.717, 1.165) is 5.56 Å². The molecule has 2 aromatic carbocycles. The number of nitrogens with one attached hydrogen (secondary N) is 1. The third-order valence-electron chi connectivity index (χ3n) is 3.80. The number of hydrogen-bond acceptors (Lipinski definition) is 5. The molecule has 1 atom stereocenters. The summed E-state index contributed by atoms with van der Waals surface area (Å²) in [6.07, 6.45) is 0. The molecule has 0 bridgehead atoms. The van der Waals surface area contributed by atoms with Gasteiger partial charge in [-0.1, -0.05) is 41.4 Å². The minimum absolute atomic E-state index is 0.203. The summed E-state index contributed by atoms with van der Waals surface area (Å²) in [5, 5.41) is 14.5. The van der Waals surface area contributed by atoms with E-state index in [1.807, 2.05) is 0 Å². The molecule has 1 N–H and O–H groups in total. The highest BCUT2D eigenvalue weighted by atomic mass is 35.5. The number of esters is 1. The third kappa shape index (κ3) is 5.18. The third-order valence-corrected chi connectivity index (χ3v) is 4.53. The number of nitrogens with zero attached hydrogens (tertiary/aromatic N) is 1. The van der Waals surface area contributed by atoms with E-state index in [0.29, 0.717) is 15.6 Å². The van der Waals surface area contributed by atoms with Crippen LogP contribution in [0.5, 0.6) is 0 Å². The minimum atomic E-state index is -0.942. The first kappa shape index (κ1) is 20.7. The maximum atomic E-state index is 12.1. The Kier molecular flexibility index (Phi) is 6.76. The summed E-state index contributed by atoms with van der Waals surface area (Å²) in [4.78, 5) is 34.6. The van der Waals surface area contributed by atoms with Gasteiger partial charge in [-0.3, -0.25) is 14.9 Å². The Bertz CT molecular complexity index is 901. The molecule has 2 rings (SSSR count). The predicted octanol–water partition coefficient (Wildman–Crippen LogP) is 4.24. The van der Waals surface area contributed by atoms with Crippen LogP contribution in [0.1, 0.15) is 34.5 Å². The van der Waals surface area contributed by atoms with Crippen molar-refractivity contribution in [3.8, 4) is 0 Å². The summed E-state index contributed by atoms with van der Waals surface area (Å²) >= 11 is 11.8. The Labute approximate surface area is 165 Å². The molecule has 0 heterocycles. The summed E-state index contributed by atoms with van der Waals surface area (Å²) in [7, 11) is 0. The zero-order valence-corrected chi connectivity index (χ0v) is 16.0. The Morgan fingerprint density at radius 3 is 2.56 bits per heavy atom. The van der Waals surface area contributed by atoms with Crippen LogP contribution in [0, 0.1) is 17.0 Å². The minimum Gasteiger partial charge on any atom is -0.452 e. The van der Waals surface area contributed by atoms with Gasteiger partial charge in [0, 0.05) is 5.56 Å². The number of halogens is 2. The number of nitro benzene ring substituents is 1. The predicted molar refractivity (Wildman–Crippen MR) is 101 cm³/mol. The van der Waals surface area contributed by atoms with Crippen LogP contribution in [-0.2, 0) is 9.53 Å². The van der Waals surface area contributed by atoms with Gasteiger partial charge in [-0.2, -0.15) is 0 Å². The highest BCUT2D eigenvalue weighted by molar-refractivity contribution is 6.42. The molecule has 142 valence electrons. The maximum absolute atomic E-state index is 12.1. The molecule has 0 aliphatic rings. The first-order valence-corrected chi connectivity index (χ1v) is 8.61.